The topological polar surface area (TPSA) is 127 Å². The third-order valence-corrected chi connectivity index (χ3v) is 3.86. The molecule has 0 radical (unpaired) electrons. The Balaban J connectivity index is 1.54. The maximum Gasteiger partial charge on any atom is 0.316 e. The van der Waals surface area contributed by atoms with Crippen molar-refractivity contribution in [1.29, 1.82) is 0 Å². The smallest absolute Gasteiger partial charge is 0.316 e. The first-order chi connectivity index (χ1) is 14.0. The van der Waals surface area contributed by atoms with Gasteiger partial charge in [-0.25, -0.2) is 0 Å². The summed E-state index contributed by atoms with van der Waals surface area (Å²) in [6.07, 6.45) is -0.851. The quantitative estimate of drug-likeness (QED) is 0.532. The van der Waals surface area contributed by atoms with Gasteiger partial charge in [-0.1, -0.05) is 47.6 Å². The van der Waals surface area contributed by atoms with Gasteiger partial charge in [0, 0.05) is 13.5 Å². The third kappa shape index (κ3) is 5.63. The monoisotopic (exact) mass is 396 g/mol. The SMILES string of the molecule is CC(=O)Nc1ccccc1OCc1noc(C(=O)NC[C@@H](O)c2ccccc2)n1. The van der Waals surface area contributed by atoms with Gasteiger partial charge in [-0.05, 0) is 17.7 Å². The molecule has 3 N–H and O–H groups in total. The summed E-state index contributed by atoms with van der Waals surface area (Å²) in [7, 11) is 0. The average molecular weight is 396 g/mol. The van der Waals surface area contributed by atoms with Gasteiger partial charge in [0.1, 0.15) is 5.75 Å². The minimum Gasteiger partial charge on any atom is -0.483 e. The van der Waals surface area contributed by atoms with E-state index in [4.69, 9.17) is 9.26 Å². The zero-order valence-electron chi connectivity index (χ0n) is 15.7. The molecule has 9 heteroatoms. The van der Waals surface area contributed by atoms with Crippen molar-refractivity contribution >= 4 is 17.5 Å². The first kappa shape index (κ1) is 20.0. The van der Waals surface area contributed by atoms with Crippen LogP contribution in [0.2, 0.25) is 0 Å². The number of carbonyl (C=O) groups is 2. The maximum atomic E-state index is 12.1. The number of aromatic nitrogens is 2. The van der Waals surface area contributed by atoms with Crippen molar-refractivity contribution in [2.45, 2.75) is 19.6 Å². The number of para-hydroxylation sites is 2. The second-order valence-corrected chi connectivity index (χ2v) is 6.12. The van der Waals surface area contributed by atoms with E-state index < -0.39 is 12.0 Å². The normalized spacial score (nSPS) is 11.5. The number of anilines is 1. The van der Waals surface area contributed by atoms with Crippen molar-refractivity contribution in [3.05, 3.63) is 71.9 Å². The van der Waals surface area contributed by atoms with Gasteiger partial charge < -0.3 is 25.0 Å². The lowest BCUT2D eigenvalue weighted by molar-refractivity contribution is -0.114. The van der Waals surface area contributed by atoms with Crippen molar-refractivity contribution in [1.82, 2.24) is 15.5 Å². The summed E-state index contributed by atoms with van der Waals surface area (Å²) in [5.74, 6) is -0.463. The molecule has 3 aromatic rings. The highest BCUT2D eigenvalue weighted by Crippen LogP contribution is 2.24. The fourth-order valence-corrected chi connectivity index (χ4v) is 2.49. The van der Waals surface area contributed by atoms with Crippen LogP contribution in [0.25, 0.3) is 0 Å². The lowest BCUT2D eigenvalue weighted by atomic mass is 10.1. The Bertz CT molecular complexity index is 974. The van der Waals surface area contributed by atoms with Crippen LogP contribution < -0.4 is 15.4 Å². The molecule has 1 aromatic heterocycles. The zero-order chi connectivity index (χ0) is 20.6. The van der Waals surface area contributed by atoms with Gasteiger partial charge in [0.15, 0.2) is 6.61 Å². The number of ether oxygens (including phenoxy) is 1. The highest BCUT2D eigenvalue weighted by molar-refractivity contribution is 5.90. The number of hydrogen-bond acceptors (Lipinski definition) is 7. The van der Waals surface area contributed by atoms with Gasteiger partial charge in [-0.15, -0.1) is 0 Å². The Morgan fingerprint density at radius 3 is 2.62 bits per heavy atom. The number of benzene rings is 2. The molecule has 150 valence electrons. The van der Waals surface area contributed by atoms with Gasteiger partial charge in [-0.3, -0.25) is 9.59 Å². The number of aliphatic hydroxyl groups is 1. The summed E-state index contributed by atoms with van der Waals surface area (Å²) in [5.41, 5.74) is 1.20. The lowest BCUT2D eigenvalue weighted by Gasteiger charge is -2.10. The molecule has 0 bridgehead atoms. The Kier molecular flexibility index (Phi) is 6.54. The Hall–Kier alpha value is -3.72. The predicted molar refractivity (Wildman–Crippen MR) is 103 cm³/mol. The van der Waals surface area contributed by atoms with E-state index in [9.17, 15) is 14.7 Å². The third-order valence-electron chi connectivity index (χ3n) is 3.86. The lowest BCUT2D eigenvalue weighted by Crippen LogP contribution is -2.28. The van der Waals surface area contributed by atoms with Crippen LogP contribution in [0.1, 0.15) is 35.1 Å². The highest BCUT2D eigenvalue weighted by atomic mass is 16.5. The Morgan fingerprint density at radius 1 is 1.14 bits per heavy atom. The molecule has 0 aliphatic carbocycles. The minimum atomic E-state index is -0.851. The summed E-state index contributed by atoms with van der Waals surface area (Å²) in [5, 5.41) is 19.0. The molecular weight excluding hydrogens is 376 g/mol. The van der Waals surface area contributed by atoms with E-state index in [1.165, 1.54) is 6.92 Å². The van der Waals surface area contributed by atoms with E-state index >= 15 is 0 Å². The molecule has 1 heterocycles. The zero-order valence-corrected chi connectivity index (χ0v) is 15.7. The van der Waals surface area contributed by atoms with Gasteiger partial charge in [-0.2, -0.15) is 4.98 Å². The largest absolute Gasteiger partial charge is 0.483 e. The first-order valence-electron chi connectivity index (χ1n) is 8.86. The molecule has 1 atom stereocenters. The van der Waals surface area contributed by atoms with Crippen molar-refractivity contribution in [3.63, 3.8) is 0 Å². The molecule has 0 unspecified atom stereocenters. The Labute approximate surface area is 166 Å². The second-order valence-electron chi connectivity index (χ2n) is 6.12. The number of rotatable bonds is 8. The Morgan fingerprint density at radius 2 is 1.86 bits per heavy atom. The van der Waals surface area contributed by atoms with Crippen molar-refractivity contribution in [3.8, 4) is 5.75 Å². The van der Waals surface area contributed by atoms with Gasteiger partial charge >= 0.3 is 11.8 Å². The molecule has 2 aromatic carbocycles. The van der Waals surface area contributed by atoms with Crippen LogP contribution in [-0.4, -0.2) is 33.6 Å². The summed E-state index contributed by atoms with van der Waals surface area (Å²) < 4.78 is 10.5. The molecule has 2 amide bonds. The first-order valence-corrected chi connectivity index (χ1v) is 8.86. The van der Waals surface area contributed by atoms with E-state index in [0.29, 0.717) is 17.0 Å². The molecule has 29 heavy (non-hydrogen) atoms. The number of carbonyl (C=O) groups excluding carboxylic acids is 2. The van der Waals surface area contributed by atoms with Crippen LogP contribution in [0.3, 0.4) is 0 Å². The molecule has 0 spiro atoms. The highest BCUT2D eigenvalue weighted by Gasteiger charge is 2.17. The summed E-state index contributed by atoms with van der Waals surface area (Å²) in [6.45, 7) is 1.34. The average Bonchev–Trinajstić information content (AvgIpc) is 3.20. The van der Waals surface area contributed by atoms with Crippen LogP contribution in [-0.2, 0) is 11.4 Å². The van der Waals surface area contributed by atoms with Crippen LogP contribution in [0.15, 0.2) is 59.1 Å². The summed E-state index contributed by atoms with van der Waals surface area (Å²) in [6, 6.07) is 15.9. The van der Waals surface area contributed by atoms with Gasteiger partial charge in [0.05, 0.1) is 11.8 Å². The number of amides is 2. The predicted octanol–water partition coefficient (Wildman–Crippen LogP) is 2.07. The minimum absolute atomic E-state index is 0.00114. The van der Waals surface area contributed by atoms with E-state index in [1.807, 2.05) is 6.07 Å². The molecule has 0 aliphatic heterocycles. The fourth-order valence-electron chi connectivity index (χ4n) is 2.49. The number of hydrogen-bond donors (Lipinski definition) is 3. The van der Waals surface area contributed by atoms with Crippen LogP contribution in [0.5, 0.6) is 5.75 Å². The van der Waals surface area contributed by atoms with Crippen molar-refractivity contribution in [2.75, 3.05) is 11.9 Å². The molecule has 0 saturated heterocycles. The van der Waals surface area contributed by atoms with Crippen molar-refractivity contribution in [2.24, 2.45) is 0 Å². The maximum absolute atomic E-state index is 12.1. The molecular formula is C20H20N4O5. The molecule has 3 rings (SSSR count). The number of nitrogens with zero attached hydrogens (tertiary/aromatic N) is 2. The van der Waals surface area contributed by atoms with E-state index in [0.717, 1.165) is 0 Å². The molecule has 0 fully saturated rings. The summed E-state index contributed by atoms with van der Waals surface area (Å²) >= 11 is 0. The van der Waals surface area contributed by atoms with Crippen LogP contribution >= 0.6 is 0 Å². The van der Waals surface area contributed by atoms with Crippen molar-refractivity contribution < 1.29 is 24.0 Å². The van der Waals surface area contributed by atoms with E-state index in [2.05, 4.69) is 20.8 Å². The standard InChI is InChI=1S/C20H20N4O5/c1-13(25)22-15-9-5-6-10-17(15)28-12-18-23-20(29-24-18)19(27)21-11-16(26)14-7-3-2-4-8-14/h2-10,16,26H,11-12H2,1H3,(H,21,27)(H,22,25)/t16-/m1/s1. The van der Waals surface area contributed by atoms with Crippen LogP contribution in [0, 0.1) is 0 Å². The van der Waals surface area contributed by atoms with Gasteiger partial charge in [0.2, 0.25) is 11.7 Å². The summed E-state index contributed by atoms with van der Waals surface area (Å²) in [4.78, 5) is 27.4. The molecule has 0 saturated carbocycles. The fraction of sp³-hybridized carbons (Fsp3) is 0.200. The number of aliphatic hydroxyl groups excluding tert-OH is 1. The van der Waals surface area contributed by atoms with Crippen LogP contribution in [0.4, 0.5) is 5.69 Å². The number of nitrogens with one attached hydrogen (secondary N) is 2. The van der Waals surface area contributed by atoms with Gasteiger partial charge in [0.25, 0.3) is 0 Å². The van der Waals surface area contributed by atoms with E-state index in [1.54, 1.807) is 48.5 Å². The van der Waals surface area contributed by atoms with E-state index in [-0.39, 0.29) is 30.8 Å². The molecule has 9 nitrogen and oxygen atoms in total. The molecule has 0 aliphatic rings. The second kappa shape index (κ2) is 9.47.